The molecular formula is C20H25BrClN5O. The van der Waals surface area contributed by atoms with Crippen molar-refractivity contribution in [2.24, 2.45) is 5.92 Å². The van der Waals surface area contributed by atoms with Gasteiger partial charge in [0.05, 0.1) is 0 Å². The lowest BCUT2D eigenvalue weighted by Crippen LogP contribution is -2.32. The standard InChI is InChI=1S/C20H25BrClN5O/c1-12-24-19(23-2)27-20(25-12)26-16-5-3-4-14(10-16)18(28)9-7-13-6-8-15(21)11-17(13)22/h6,8,11,14,16H,3-5,7,9-10H2,1-2H3,(H2,23,24,25,26,27)/t14-,16+/m0/s1. The minimum atomic E-state index is 0.0761. The summed E-state index contributed by atoms with van der Waals surface area (Å²) in [7, 11) is 1.78. The van der Waals surface area contributed by atoms with Crippen LogP contribution in [0.25, 0.3) is 0 Å². The van der Waals surface area contributed by atoms with Crippen LogP contribution in [0.1, 0.15) is 43.5 Å². The molecule has 0 unspecified atom stereocenters. The van der Waals surface area contributed by atoms with Gasteiger partial charge in [0.2, 0.25) is 11.9 Å². The number of ketones is 1. The van der Waals surface area contributed by atoms with Crippen molar-refractivity contribution in [2.75, 3.05) is 17.7 Å². The fourth-order valence-electron chi connectivity index (χ4n) is 3.64. The molecule has 0 radical (unpaired) electrons. The molecule has 28 heavy (non-hydrogen) atoms. The van der Waals surface area contributed by atoms with Gasteiger partial charge in [-0.1, -0.05) is 40.0 Å². The van der Waals surface area contributed by atoms with Gasteiger partial charge in [0.25, 0.3) is 0 Å². The third kappa shape index (κ3) is 5.64. The van der Waals surface area contributed by atoms with Crippen LogP contribution in [0.2, 0.25) is 5.02 Å². The lowest BCUT2D eigenvalue weighted by molar-refractivity contribution is -0.123. The second kappa shape index (κ2) is 9.65. The maximum absolute atomic E-state index is 12.8. The molecule has 0 spiro atoms. The second-order valence-electron chi connectivity index (χ2n) is 7.19. The van der Waals surface area contributed by atoms with Gasteiger partial charge in [-0.2, -0.15) is 15.0 Å². The smallest absolute Gasteiger partial charge is 0.227 e. The minimum absolute atomic E-state index is 0.0761. The minimum Gasteiger partial charge on any atom is -0.357 e. The van der Waals surface area contributed by atoms with Crippen LogP contribution in [0.4, 0.5) is 11.9 Å². The zero-order valence-corrected chi connectivity index (χ0v) is 18.5. The molecule has 1 saturated carbocycles. The van der Waals surface area contributed by atoms with E-state index in [1.807, 2.05) is 25.1 Å². The highest BCUT2D eigenvalue weighted by Gasteiger charge is 2.27. The topological polar surface area (TPSA) is 79.8 Å². The summed E-state index contributed by atoms with van der Waals surface area (Å²) < 4.78 is 0.948. The third-order valence-corrected chi connectivity index (χ3v) is 5.93. The van der Waals surface area contributed by atoms with Crippen molar-refractivity contribution in [3.63, 3.8) is 0 Å². The van der Waals surface area contributed by atoms with Crippen LogP contribution in [0.3, 0.4) is 0 Å². The van der Waals surface area contributed by atoms with Gasteiger partial charge in [0, 0.05) is 34.9 Å². The van der Waals surface area contributed by atoms with Crippen molar-refractivity contribution in [2.45, 2.75) is 51.5 Å². The Bertz CT molecular complexity index is 847. The molecule has 1 fully saturated rings. The molecule has 0 bridgehead atoms. The number of aromatic nitrogens is 3. The van der Waals surface area contributed by atoms with E-state index in [0.29, 0.717) is 41.4 Å². The number of benzene rings is 1. The highest BCUT2D eigenvalue weighted by Crippen LogP contribution is 2.29. The highest BCUT2D eigenvalue weighted by atomic mass is 79.9. The third-order valence-electron chi connectivity index (χ3n) is 5.09. The number of carbonyl (C=O) groups is 1. The predicted molar refractivity (Wildman–Crippen MR) is 116 cm³/mol. The molecule has 2 aromatic rings. The molecule has 1 aromatic heterocycles. The zero-order valence-electron chi connectivity index (χ0n) is 16.1. The monoisotopic (exact) mass is 465 g/mol. The van der Waals surface area contributed by atoms with E-state index in [1.165, 1.54) is 0 Å². The number of carbonyl (C=O) groups excluding carboxylic acids is 1. The maximum atomic E-state index is 12.8. The van der Waals surface area contributed by atoms with Gasteiger partial charge in [-0.3, -0.25) is 4.79 Å². The number of aryl methyl sites for hydroxylation is 2. The fourth-order valence-corrected chi connectivity index (χ4v) is 4.41. The molecule has 1 aromatic carbocycles. The molecule has 0 amide bonds. The Kier molecular flexibility index (Phi) is 7.24. The second-order valence-corrected chi connectivity index (χ2v) is 8.51. The molecular weight excluding hydrogens is 442 g/mol. The SMILES string of the molecule is CNc1nc(C)nc(N[C@@H]2CCC[C@H](C(=O)CCc3ccc(Br)cc3Cl)C2)n1. The van der Waals surface area contributed by atoms with Gasteiger partial charge in [-0.15, -0.1) is 0 Å². The summed E-state index contributed by atoms with van der Waals surface area (Å²) in [4.78, 5) is 25.7. The normalized spacial score (nSPS) is 19.3. The van der Waals surface area contributed by atoms with E-state index in [4.69, 9.17) is 11.6 Å². The van der Waals surface area contributed by atoms with Crippen molar-refractivity contribution >= 4 is 45.2 Å². The van der Waals surface area contributed by atoms with Crippen LogP contribution >= 0.6 is 27.5 Å². The molecule has 1 aliphatic rings. The molecule has 8 heteroatoms. The summed E-state index contributed by atoms with van der Waals surface area (Å²) in [6.07, 6.45) is 5.00. The Morgan fingerprint density at radius 3 is 2.79 bits per heavy atom. The summed E-state index contributed by atoms with van der Waals surface area (Å²) in [6.45, 7) is 1.84. The Balaban J connectivity index is 1.56. The summed E-state index contributed by atoms with van der Waals surface area (Å²) in [5.41, 5.74) is 1.02. The van der Waals surface area contributed by atoms with E-state index >= 15 is 0 Å². The zero-order chi connectivity index (χ0) is 20.1. The summed E-state index contributed by atoms with van der Waals surface area (Å²) in [5, 5.41) is 7.04. The van der Waals surface area contributed by atoms with Gasteiger partial charge in [-0.25, -0.2) is 0 Å². The summed E-state index contributed by atoms with van der Waals surface area (Å²) in [5.74, 6) is 2.17. The van der Waals surface area contributed by atoms with Gasteiger partial charge in [-0.05, 0) is 50.3 Å². The molecule has 2 atom stereocenters. The quantitative estimate of drug-likeness (QED) is 0.609. The average molecular weight is 467 g/mol. The number of halogens is 2. The number of hydrogen-bond acceptors (Lipinski definition) is 6. The van der Waals surface area contributed by atoms with Gasteiger partial charge in [0.15, 0.2) is 0 Å². The maximum Gasteiger partial charge on any atom is 0.227 e. The van der Waals surface area contributed by atoms with Crippen molar-refractivity contribution in [1.82, 2.24) is 15.0 Å². The summed E-state index contributed by atoms with van der Waals surface area (Å²) >= 11 is 9.68. The first-order valence-electron chi connectivity index (χ1n) is 9.58. The van der Waals surface area contributed by atoms with Crippen LogP contribution in [0.15, 0.2) is 22.7 Å². The fraction of sp³-hybridized carbons (Fsp3) is 0.500. The molecule has 0 aliphatic heterocycles. The number of hydrogen-bond donors (Lipinski definition) is 2. The van der Waals surface area contributed by atoms with Crippen molar-refractivity contribution in [3.8, 4) is 0 Å². The van der Waals surface area contributed by atoms with E-state index in [0.717, 1.165) is 35.7 Å². The number of Topliss-reactive ketones (excluding diaryl/α,β-unsaturated/α-hetero) is 1. The highest BCUT2D eigenvalue weighted by molar-refractivity contribution is 9.10. The molecule has 0 saturated heterocycles. The first-order chi connectivity index (χ1) is 13.4. The van der Waals surface area contributed by atoms with Crippen LogP contribution < -0.4 is 10.6 Å². The average Bonchev–Trinajstić information content (AvgIpc) is 2.66. The van der Waals surface area contributed by atoms with Gasteiger partial charge < -0.3 is 10.6 Å². The number of anilines is 2. The Hall–Kier alpha value is -1.73. The number of rotatable bonds is 7. The van der Waals surface area contributed by atoms with Gasteiger partial charge in [0.1, 0.15) is 11.6 Å². The number of nitrogens with one attached hydrogen (secondary N) is 2. The molecule has 150 valence electrons. The van der Waals surface area contributed by atoms with Crippen LogP contribution in [0, 0.1) is 12.8 Å². The Morgan fingerprint density at radius 1 is 1.25 bits per heavy atom. The van der Waals surface area contributed by atoms with E-state index in [2.05, 4.69) is 41.5 Å². The first kappa shape index (κ1) is 21.0. The van der Waals surface area contributed by atoms with Crippen LogP contribution in [-0.4, -0.2) is 33.8 Å². The van der Waals surface area contributed by atoms with E-state index in [9.17, 15) is 4.79 Å². The molecule has 2 N–H and O–H groups in total. The molecule has 1 aliphatic carbocycles. The Morgan fingerprint density at radius 2 is 2.04 bits per heavy atom. The van der Waals surface area contributed by atoms with Crippen LogP contribution in [-0.2, 0) is 11.2 Å². The molecule has 1 heterocycles. The first-order valence-corrected chi connectivity index (χ1v) is 10.8. The summed E-state index contributed by atoms with van der Waals surface area (Å²) in [6, 6.07) is 6.01. The van der Waals surface area contributed by atoms with Crippen LogP contribution in [0.5, 0.6) is 0 Å². The molecule has 3 rings (SSSR count). The van der Waals surface area contributed by atoms with Crippen molar-refractivity contribution in [3.05, 3.63) is 39.1 Å². The lowest BCUT2D eigenvalue weighted by Gasteiger charge is -2.29. The van der Waals surface area contributed by atoms with E-state index in [-0.39, 0.29) is 12.0 Å². The van der Waals surface area contributed by atoms with Gasteiger partial charge >= 0.3 is 0 Å². The largest absolute Gasteiger partial charge is 0.357 e. The van der Waals surface area contributed by atoms with Crippen molar-refractivity contribution in [1.29, 1.82) is 0 Å². The molecule has 6 nitrogen and oxygen atoms in total. The predicted octanol–water partition coefficient (Wildman–Crippen LogP) is 4.81. The van der Waals surface area contributed by atoms with Crippen molar-refractivity contribution < 1.29 is 4.79 Å². The number of nitrogens with zero attached hydrogens (tertiary/aromatic N) is 3. The van der Waals surface area contributed by atoms with E-state index < -0.39 is 0 Å². The lowest BCUT2D eigenvalue weighted by atomic mass is 9.81. The van der Waals surface area contributed by atoms with E-state index in [1.54, 1.807) is 7.05 Å². The Labute approximate surface area is 179 Å².